The van der Waals surface area contributed by atoms with Crippen molar-refractivity contribution in [1.29, 1.82) is 0 Å². The molecule has 0 aliphatic carbocycles. The molecule has 1 amide bonds. The van der Waals surface area contributed by atoms with E-state index in [4.69, 9.17) is 0 Å². The zero-order valence-corrected chi connectivity index (χ0v) is 18.4. The quantitative estimate of drug-likeness (QED) is 0.673. The van der Waals surface area contributed by atoms with E-state index in [1.54, 1.807) is 12.4 Å². The van der Waals surface area contributed by atoms with Crippen LogP contribution in [0.25, 0.3) is 11.4 Å². The molecule has 0 radical (unpaired) electrons. The van der Waals surface area contributed by atoms with E-state index in [1.165, 1.54) is 5.56 Å². The predicted molar refractivity (Wildman–Crippen MR) is 123 cm³/mol. The molecule has 1 saturated heterocycles. The van der Waals surface area contributed by atoms with Crippen molar-refractivity contribution in [2.24, 2.45) is 0 Å². The molecular formula is C25H30N6O. The summed E-state index contributed by atoms with van der Waals surface area (Å²) in [5.74, 6) is 2.63. The Morgan fingerprint density at radius 1 is 0.938 bits per heavy atom. The van der Waals surface area contributed by atoms with E-state index in [0.717, 1.165) is 69.0 Å². The van der Waals surface area contributed by atoms with Crippen LogP contribution < -0.4 is 5.32 Å². The van der Waals surface area contributed by atoms with Crippen molar-refractivity contribution in [3.05, 3.63) is 66.2 Å². The number of rotatable bonds is 5. The molecule has 1 atom stereocenters. The molecule has 0 saturated carbocycles. The van der Waals surface area contributed by atoms with Gasteiger partial charge in [0.05, 0.1) is 6.54 Å². The van der Waals surface area contributed by atoms with Crippen molar-refractivity contribution in [3.8, 4) is 11.4 Å². The van der Waals surface area contributed by atoms with Gasteiger partial charge in [-0.05, 0) is 62.4 Å². The van der Waals surface area contributed by atoms with Gasteiger partial charge in [-0.2, -0.15) is 0 Å². The largest absolute Gasteiger partial charge is 0.352 e. The highest BCUT2D eigenvalue weighted by molar-refractivity contribution is 5.78. The maximum Gasteiger partial charge on any atom is 0.234 e. The van der Waals surface area contributed by atoms with Crippen LogP contribution in [0.3, 0.4) is 0 Å². The Balaban J connectivity index is 1.12. The number of carbonyl (C=O) groups is 1. The van der Waals surface area contributed by atoms with Crippen LogP contribution in [0.15, 0.2) is 54.9 Å². The first kappa shape index (κ1) is 20.8. The summed E-state index contributed by atoms with van der Waals surface area (Å²) in [5.41, 5.74) is 2.45. The first-order chi connectivity index (χ1) is 15.8. The minimum atomic E-state index is 0.139. The second-order valence-electron chi connectivity index (χ2n) is 8.88. The molecule has 7 heteroatoms. The summed E-state index contributed by atoms with van der Waals surface area (Å²) in [6.07, 6.45) is 8.41. The van der Waals surface area contributed by atoms with E-state index in [1.807, 2.05) is 12.1 Å². The molecule has 3 aromatic rings. The van der Waals surface area contributed by atoms with Crippen LogP contribution in [0.2, 0.25) is 0 Å². The molecule has 32 heavy (non-hydrogen) atoms. The number of aryl methyl sites for hydroxylation is 1. The van der Waals surface area contributed by atoms with Crippen molar-refractivity contribution in [2.75, 3.05) is 19.6 Å². The van der Waals surface area contributed by atoms with Crippen molar-refractivity contribution in [3.63, 3.8) is 0 Å². The lowest BCUT2D eigenvalue weighted by atomic mass is 9.89. The molecular weight excluding hydrogens is 400 g/mol. The number of pyridine rings is 1. The minimum Gasteiger partial charge on any atom is -0.352 e. The molecule has 7 nitrogen and oxygen atoms in total. The van der Waals surface area contributed by atoms with Crippen LogP contribution in [0.1, 0.15) is 43.0 Å². The highest BCUT2D eigenvalue weighted by Crippen LogP contribution is 2.27. The number of fused-ring (bicyclic) bond motifs is 1. The Morgan fingerprint density at radius 3 is 2.50 bits per heavy atom. The van der Waals surface area contributed by atoms with Gasteiger partial charge < -0.3 is 9.88 Å². The summed E-state index contributed by atoms with van der Waals surface area (Å²) in [6.45, 7) is 3.27. The zero-order chi connectivity index (χ0) is 21.8. The Kier molecular flexibility index (Phi) is 6.25. The van der Waals surface area contributed by atoms with Gasteiger partial charge >= 0.3 is 0 Å². The van der Waals surface area contributed by atoms with Gasteiger partial charge in [-0.25, -0.2) is 0 Å². The van der Waals surface area contributed by atoms with E-state index >= 15 is 0 Å². The van der Waals surface area contributed by atoms with Gasteiger partial charge in [-0.1, -0.05) is 30.3 Å². The molecule has 0 bridgehead atoms. The normalized spacial score (nSPS) is 19.8. The molecule has 1 unspecified atom stereocenters. The van der Waals surface area contributed by atoms with E-state index in [2.05, 4.69) is 60.3 Å². The molecule has 2 aliphatic rings. The summed E-state index contributed by atoms with van der Waals surface area (Å²) in [7, 11) is 0. The minimum absolute atomic E-state index is 0.139. The number of amides is 1. The lowest BCUT2D eigenvalue weighted by Gasteiger charge is -2.32. The average molecular weight is 431 g/mol. The SMILES string of the molecule is O=C(CN1CCC(c2ccccc2)CC1)NC1CCc2nnc(-c3ccncc3)n2CC1. The van der Waals surface area contributed by atoms with Crippen molar-refractivity contribution >= 4 is 5.91 Å². The fourth-order valence-electron chi connectivity index (χ4n) is 4.97. The van der Waals surface area contributed by atoms with Gasteiger partial charge in [-0.15, -0.1) is 10.2 Å². The van der Waals surface area contributed by atoms with Crippen molar-refractivity contribution < 1.29 is 4.79 Å². The van der Waals surface area contributed by atoms with Crippen LogP contribution in [-0.4, -0.2) is 56.2 Å². The Hall–Kier alpha value is -3.06. The second-order valence-corrected chi connectivity index (χ2v) is 8.88. The number of carbonyl (C=O) groups excluding carboxylic acids is 1. The zero-order valence-electron chi connectivity index (χ0n) is 18.4. The summed E-state index contributed by atoms with van der Waals surface area (Å²) in [5, 5.41) is 12.1. The van der Waals surface area contributed by atoms with Gasteiger partial charge in [0.15, 0.2) is 5.82 Å². The number of aromatic nitrogens is 4. The fourth-order valence-corrected chi connectivity index (χ4v) is 4.97. The number of likely N-dealkylation sites (tertiary alicyclic amines) is 1. The van der Waals surface area contributed by atoms with Gasteiger partial charge in [-0.3, -0.25) is 14.7 Å². The van der Waals surface area contributed by atoms with E-state index in [-0.39, 0.29) is 11.9 Å². The van der Waals surface area contributed by atoms with E-state index in [0.29, 0.717) is 12.5 Å². The highest BCUT2D eigenvalue weighted by Gasteiger charge is 2.25. The van der Waals surface area contributed by atoms with Crippen LogP contribution in [0.5, 0.6) is 0 Å². The lowest BCUT2D eigenvalue weighted by Crippen LogP contribution is -2.44. The second kappa shape index (κ2) is 9.61. The number of hydrogen-bond acceptors (Lipinski definition) is 5. The van der Waals surface area contributed by atoms with Crippen molar-refractivity contribution in [2.45, 2.75) is 50.6 Å². The summed E-state index contributed by atoms with van der Waals surface area (Å²) in [4.78, 5) is 19.1. The Bertz CT molecular complexity index is 1030. The highest BCUT2D eigenvalue weighted by atomic mass is 16.2. The van der Waals surface area contributed by atoms with Crippen LogP contribution in [-0.2, 0) is 17.8 Å². The number of nitrogens with one attached hydrogen (secondary N) is 1. The first-order valence-corrected chi connectivity index (χ1v) is 11.7. The third kappa shape index (κ3) is 4.72. The van der Waals surface area contributed by atoms with Crippen LogP contribution >= 0.6 is 0 Å². The number of piperidine rings is 1. The fraction of sp³-hybridized carbons (Fsp3) is 0.440. The Labute approximate surface area is 188 Å². The third-order valence-corrected chi connectivity index (χ3v) is 6.77. The number of hydrogen-bond donors (Lipinski definition) is 1. The maximum atomic E-state index is 12.7. The summed E-state index contributed by atoms with van der Waals surface area (Å²) < 4.78 is 2.19. The molecule has 166 valence electrons. The molecule has 0 spiro atoms. The maximum absolute atomic E-state index is 12.7. The van der Waals surface area contributed by atoms with Gasteiger partial charge in [0.1, 0.15) is 5.82 Å². The summed E-state index contributed by atoms with van der Waals surface area (Å²) in [6, 6.07) is 14.8. The van der Waals surface area contributed by atoms with Gasteiger partial charge in [0.2, 0.25) is 5.91 Å². The van der Waals surface area contributed by atoms with Crippen LogP contribution in [0.4, 0.5) is 0 Å². The van der Waals surface area contributed by atoms with Gasteiger partial charge in [0, 0.05) is 37.0 Å². The monoisotopic (exact) mass is 430 g/mol. The molecule has 1 aromatic carbocycles. The molecule has 4 heterocycles. The van der Waals surface area contributed by atoms with E-state index in [9.17, 15) is 4.79 Å². The predicted octanol–water partition coefficient (Wildman–Crippen LogP) is 3.04. The molecule has 2 aromatic heterocycles. The van der Waals surface area contributed by atoms with Gasteiger partial charge in [0.25, 0.3) is 0 Å². The van der Waals surface area contributed by atoms with Crippen LogP contribution in [0, 0.1) is 0 Å². The summed E-state index contributed by atoms with van der Waals surface area (Å²) >= 11 is 0. The first-order valence-electron chi connectivity index (χ1n) is 11.7. The number of nitrogens with zero attached hydrogens (tertiary/aromatic N) is 5. The topological polar surface area (TPSA) is 75.9 Å². The lowest BCUT2D eigenvalue weighted by molar-refractivity contribution is -0.123. The third-order valence-electron chi connectivity index (χ3n) is 6.77. The average Bonchev–Trinajstić information content (AvgIpc) is 3.15. The Morgan fingerprint density at radius 2 is 1.72 bits per heavy atom. The molecule has 2 aliphatic heterocycles. The smallest absolute Gasteiger partial charge is 0.234 e. The van der Waals surface area contributed by atoms with Crippen molar-refractivity contribution in [1.82, 2.24) is 30.0 Å². The number of benzene rings is 1. The molecule has 5 rings (SSSR count). The standard InChI is InChI=1S/C25H30N6O/c32-24(18-30-15-10-20(11-16-30)19-4-2-1-3-5-19)27-22-6-7-23-28-29-25(31(23)17-12-22)21-8-13-26-14-9-21/h1-5,8-9,13-14,20,22H,6-7,10-12,15-18H2,(H,27,32). The molecule has 1 N–H and O–H groups in total. The molecule has 1 fully saturated rings. The van der Waals surface area contributed by atoms with E-state index < -0.39 is 0 Å².